The highest BCUT2D eigenvalue weighted by Gasteiger charge is 2.27. The van der Waals surface area contributed by atoms with Crippen LogP contribution in [0.25, 0.3) is 15.9 Å². The van der Waals surface area contributed by atoms with E-state index in [1.807, 2.05) is 18.2 Å². The number of nitrogens with two attached hydrogens (primary N) is 2. The Balaban J connectivity index is 0.000000313. The SMILES string of the molecule is NC(=O)C1CCC1.Nc1nc2ccc(Sc3nnc4ccc(O[C@@H]5CCCC[C@H]5F)nn34)cc2s1. The van der Waals surface area contributed by atoms with Crippen LogP contribution in [0, 0.1) is 5.92 Å². The van der Waals surface area contributed by atoms with Crippen LogP contribution < -0.4 is 16.2 Å². The number of hydrogen-bond acceptors (Lipinski definition) is 9. The summed E-state index contributed by atoms with van der Waals surface area (Å²) in [6, 6.07) is 9.41. The molecule has 1 aromatic carbocycles. The number of benzene rings is 1. The maximum Gasteiger partial charge on any atom is 0.232 e. The number of rotatable bonds is 5. The highest BCUT2D eigenvalue weighted by Crippen LogP contribution is 2.32. The molecule has 2 fully saturated rings. The van der Waals surface area contributed by atoms with Crippen LogP contribution in [0.15, 0.2) is 40.4 Å². The number of primary amides is 1. The summed E-state index contributed by atoms with van der Waals surface area (Å²) in [6.45, 7) is 0. The molecular weight excluding hydrogens is 489 g/mol. The molecule has 3 heterocycles. The number of aromatic nitrogens is 5. The van der Waals surface area contributed by atoms with Crippen LogP contribution in [-0.2, 0) is 4.79 Å². The van der Waals surface area contributed by atoms with Gasteiger partial charge in [0.15, 0.2) is 10.8 Å². The molecule has 4 aromatic rings. The lowest BCUT2D eigenvalue weighted by Gasteiger charge is -2.25. The average molecular weight is 516 g/mol. The van der Waals surface area contributed by atoms with Gasteiger partial charge in [0.05, 0.1) is 10.2 Å². The third kappa shape index (κ3) is 5.48. The minimum absolute atomic E-state index is 0.119. The molecule has 4 N–H and O–H groups in total. The first-order valence-electron chi connectivity index (χ1n) is 11.6. The fraction of sp³-hybridized carbons (Fsp3) is 0.435. The fourth-order valence-corrected chi connectivity index (χ4v) is 5.68. The van der Waals surface area contributed by atoms with Gasteiger partial charge in [-0.05, 0) is 68.1 Å². The molecule has 3 aromatic heterocycles. The number of alkyl halides is 1. The van der Waals surface area contributed by atoms with Crippen LogP contribution in [0.4, 0.5) is 9.52 Å². The van der Waals surface area contributed by atoms with Gasteiger partial charge in [0.25, 0.3) is 0 Å². The molecule has 0 saturated heterocycles. The van der Waals surface area contributed by atoms with Crippen LogP contribution in [0.2, 0.25) is 0 Å². The maximum absolute atomic E-state index is 14.1. The summed E-state index contributed by atoms with van der Waals surface area (Å²) in [5.74, 6) is 0.487. The Bertz CT molecular complexity index is 1340. The Hall–Kier alpha value is -2.99. The normalized spacial score (nSPS) is 20.3. The minimum atomic E-state index is -0.945. The first-order chi connectivity index (χ1) is 17.0. The summed E-state index contributed by atoms with van der Waals surface area (Å²) in [5, 5.41) is 14.0. The van der Waals surface area contributed by atoms with Gasteiger partial charge in [-0.15, -0.1) is 15.3 Å². The second-order valence-electron chi connectivity index (χ2n) is 8.69. The van der Waals surface area contributed by atoms with E-state index in [4.69, 9.17) is 16.2 Å². The topological polar surface area (TPSA) is 134 Å². The Kier molecular flexibility index (Phi) is 7.00. The van der Waals surface area contributed by atoms with Crippen molar-refractivity contribution >= 4 is 50.0 Å². The largest absolute Gasteiger partial charge is 0.470 e. The third-order valence-corrected chi connectivity index (χ3v) is 7.97. The van der Waals surface area contributed by atoms with E-state index >= 15 is 0 Å². The van der Waals surface area contributed by atoms with Crippen LogP contribution in [0.5, 0.6) is 5.88 Å². The second kappa shape index (κ2) is 10.3. The van der Waals surface area contributed by atoms with Crippen molar-refractivity contribution < 1.29 is 13.9 Å². The van der Waals surface area contributed by atoms with Gasteiger partial charge in [-0.1, -0.05) is 24.2 Å². The predicted octanol–water partition coefficient (Wildman–Crippen LogP) is 4.40. The van der Waals surface area contributed by atoms with Gasteiger partial charge in [-0.25, -0.2) is 9.37 Å². The summed E-state index contributed by atoms with van der Waals surface area (Å²) in [4.78, 5) is 15.5. The number of amides is 1. The smallest absolute Gasteiger partial charge is 0.232 e. The molecule has 2 saturated carbocycles. The maximum atomic E-state index is 14.1. The number of nitrogens with zero attached hydrogens (tertiary/aromatic N) is 5. The predicted molar refractivity (Wildman–Crippen MR) is 133 cm³/mol. The molecular formula is C23H26FN7O2S2. The van der Waals surface area contributed by atoms with E-state index in [-0.39, 0.29) is 11.8 Å². The van der Waals surface area contributed by atoms with E-state index in [2.05, 4.69) is 20.3 Å². The Morgan fingerprint density at radius 2 is 1.94 bits per heavy atom. The van der Waals surface area contributed by atoms with Gasteiger partial charge in [0.1, 0.15) is 12.3 Å². The molecule has 12 heteroatoms. The molecule has 0 bridgehead atoms. The van der Waals surface area contributed by atoms with Crippen molar-refractivity contribution in [3.63, 3.8) is 0 Å². The Labute approximate surface area is 209 Å². The number of nitrogen functional groups attached to an aromatic ring is 1. The summed E-state index contributed by atoms with van der Waals surface area (Å²) < 4.78 is 22.5. The Morgan fingerprint density at radius 3 is 2.66 bits per heavy atom. The number of carbonyl (C=O) groups excluding carboxylic acids is 1. The van der Waals surface area contributed by atoms with E-state index in [9.17, 15) is 9.18 Å². The molecule has 0 aliphatic heterocycles. The van der Waals surface area contributed by atoms with Crippen molar-refractivity contribution in [2.75, 3.05) is 5.73 Å². The first kappa shape index (κ1) is 23.7. The average Bonchev–Trinajstić information content (AvgIpc) is 3.36. The molecule has 2 atom stereocenters. The van der Waals surface area contributed by atoms with Crippen LogP contribution in [-0.4, -0.2) is 43.0 Å². The molecule has 0 spiro atoms. The molecule has 35 heavy (non-hydrogen) atoms. The number of carbonyl (C=O) groups is 1. The van der Waals surface area contributed by atoms with Crippen LogP contribution in [0.1, 0.15) is 44.9 Å². The number of halogens is 1. The van der Waals surface area contributed by atoms with Crippen molar-refractivity contribution in [1.82, 2.24) is 24.8 Å². The molecule has 2 aliphatic carbocycles. The zero-order valence-electron chi connectivity index (χ0n) is 19.0. The number of thiazole rings is 1. The molecule has 184 valence electrons. The molecule has 1 amide bonds. The summed E-state index contributed by atoms with van der Waals surface area (Å²) in [6.07, 6.45) is 5.00. The second-order valence-corrected chi connectivity index (χ2v) is 10.8. The summed E-state index contributed by atoms with van der Waals surface area (Å²) in [5.41, 5.74) is 12.2. The molecule has 9 nitrogen and oxygen atoms in total. The van der Waals surface area contributed by atoms with E-state index in [1.165, 1.54) is 29.5 Å². The minimum Gasteiger partial charge on any atom is -0.470 e. The van der Waals surface area contributed by atoms with Crippen molar-refractivity contribution in [2.24, 2.45) is 11.7 Å². The third-order valence-electron chi connectivity index (χ3n) is 6.20. The van der Waals surface area contributed by atoms with Gasteiger partial charge in [-0.3, -0.25) is 4.79 Å². The van der Waals surface area contributed by atoms with Gasteiger partial charge in [0, 0.05) is 16.9 Å². The molecule has 0 unspecified atom stereocenters. The van der Waals surface area contributed by atoms with Crippen molar-refractivity contribution in [3.8, 4) is 5.88 Å². The van der Waals surface area contributed by atoms with Gasteiger partial charge >= 0.3 is 0 Å². The summed E-state index contributed by atoms with van der Waals surface area (Å²) >= 11 is 2.88. The van der Waals surface area contributed by atoms with E-state index in [0.717, 1.165) is 40.8 Å². The number of anilines is 1. The lowest BCUT2D eigenvalue weighted by molar-refractivity contribution is -0.124. The van der Waals surface area contributed by atoms with Crippen molar-refractivity contribution in [1.29, 1.82) is 0 Å². The van der Waals surface area contributed by atoms with Gasteiger partial charge < -0.3 is 16.2 Å². The van der Waals surface area contributed by atoms with Crippen LogP contribution >= 0.6 is 23.1 Å². The van der Waals surface area contributed by atoms with E-state index in [0.29, 0.717) is 34.7 Å². The highest BCUT2D eigenvalue weighted by atomic mass is 32.2. The number of fused-ring (bicyclic) bond motifs is 2. The van der Waals surface area contributed by atoms with Crippen molar-refractivity contribution in [3.05, 3.63) is 30.3 Å². The fourth-order valence-electron chi connectivity index (χ4n) is 4.00. The lowest BCUT2D eigenvalue weighted by Crippen LogP contribution is -2.32. The number of hydrogen-bond donors (Lipinski definition) is 2. The van der Waals surface area contributed by atoms with E-state index < -0.39 is 12.3 Å². The summed E-state index contributed by atoms with van der Waals surface area (Å²) in [7, 11) is 0. The molecule has 6 rings (SSSR count). The standard InChI is InChI=1S/C18H17FN6OS2.C5H9NO/c19-11-3-1-2-4-13(11)26-16-8-7-15-22-23-18(25(15)24-16)27-10-5-6-12-14(9-10)28-17(20)21-12;6-5(7)4-2-1-3-4/h5-9,11,13H,1-4H2,(H2,20,21);4H,1-3H2,(H2,6,7)/t11-,13-;/m1./s1. The lowest BCUT2D eigenvalue weighted by atomic mass is 9.85. The highest BCUT2D eigenvalue weighted by molar-refractivity contribution is 7.99. The van der Waals surface area contributed by atoms with Gasteiger partial charge in [-0.2, -0.15) is 4.52 Å². The number of ether oxygens (including phenoxy) is 1. The molecule has 2 aliphatic rings. The Morgan fingerprint density at radius 1 is 1.11 bits per heavy atom. The molecule has 0 radical (unpaired) electrons. The van der Waals surface area contributed by atoms with Crippen molar-refractivity contribution in [2.45, 2.75) is 67.3 Å². The quantitative estimate of drug-likeness (QED) is 0.399. The van der Waals surface area contributed by atoms with Crippen LogP contribution in [0.3, 0.4) is 0 Å². The monoisotopic (exact) mass is 515 g/mol. The zero-order valence-corrected chi connectivity index (χ0v) is 20.6. The van der Waals surface area contributed by atoms with E-state index in [1.54, 1.807) is 16.6 Å². The zero-order chi connectivity index (χ0) is 24.4. The first-order valence-corrected chi connectivity index (χ1v) is 13.3. The van der Waals surface area contributed by atoms with Gasteiger partial charge in [0.2, 0.25) is 16.9 Å².